The van der Waals surface area contributed by atoms with Crippen molar-refractivity contribution in [3.8, 4) is 12.3 Å². The van der Waals surface area contributed by atoms with Gasteiger partial charge >= 0.3 is 12.1 Å². The lowest BCUT2D eigenvalue weighted by Gasteiger charge is -2.23. The molecule has 0 aliphatic rings. The highest BCUT2D eigenvalue weighted by Gasteiger charge is 2.30. The van der Waals surface area contributed by atoms with Crippen LogP contribution in [0.3, 0.4) is 0 Å². The number of ether oxygens (including phenoxy) is 2. The van der Waals surface area contributed by atoms with Gasteiger partial charge in [0.25, 0.3) is 0 Å². The Kier molecular flexibility index (Phi) is 6.87. The van der Waals surface area contributed by atoms with Crippen molar-refractivity contribution in [3.05, 3.63) is 35.9 Å². The summed E-state index contributed by atoms with van der Waals surface area (Å²) in [6.45, 7) is -0.141. The number of nitrogens with zero attached hydrogens (tertiary/aromatic N) is 1. The molecule has 0 aliphatic carbocycles. The van der Waals surface area contributed by atoms with Crippen molar-refractivity contribution in [1.29, 1.82) is 0 Å². The minimum absolute atomic E-state index is 0.141. The lowest BCUT2D eigenvalue weighted by atomic mass is 10.1. The van der Waals surface area contributed by atoms with Gasteiger partial charge in [0.15, 0.2) is 6.61 Å². The van der Waals surface area contributed by atoms with Gasteiger partial charge in [-0.2, -0.15) is 0 Å². The van der Waals surface area contributed by atoms with Crippen molar-refractivity contribution >= 4 is 34.9 Å². The molecule has 1 rings (SSSR count). The Hall–Kier alpha value is -1.75. The van der Waals surface area contributed by atoms with Crippen molar-refractivity contribution in [1.82, 2.24) is 3.11 Å². The first-order valence-electron chi connectivity index (χ1n) is 5.77. The summed E-state index contributed by atoms with van der Waals surface area (Å²) in [5.74, 6) is 1.68. The summed E-state index contributed by atoms with van der Waals surface area (Å²) < 4.78 is 10.7. The van der Waals surface area contributed by atoms with Crippen LogP contribution in [0.4, 0.5) is 4.79 Å². The van der Waals surface area contributed by atoms with E-state index in [1.165, 1.54) is 7.11 Å². The highest BCUT2D eigenvalue weighted by Crippen LogP contribution is 2.16. The average molecular weight is 387 g/mol. The summed E-state index contributed by atoms with van der Waals surface area (Å²) in [4.78, 5) is 23.6. The van der Waals surface area contributed by atoms with Crippen molar-refractivity contribution in [3.63, 3.8) is 0 Å². The van der Waals surface area contributed by atoms with Crippen LogP contribution in [-0.4, -0.2) is 34.9 Å². The fourth-order valence-corrected chi connectivity index (χ4v) is 2.09. The molecule has 0 N–H and O–H groups in total. The number of hydrogen-bond acceptors (Lipinski definition) is 4. The van der Waals surface area contributed by atoms with Gasteiger partial charge in [0.1, 0.15) is 6.04 Å². The van der Waals surface area contributed by atoms with Gasteiger partial charge in [-0.1, -0.05) is 36.3 Å². The number of halogens is 1. The SMILES string of the molecule is C#CCOC(=O)N(I)[C@@H](Cc1ccccc1)C(=O)OC. The van der Waals surface area contributed by atoms with E-state index in [1.807, 2.05) is 30.3 Å². The average Bonchev–Trinajstić information content (AvgIpc) is 2.49. The third kappa shape index (κ3) is 4.74. The third-order valence-electron chi connectivity index (χ3n) is 2.47. The number of benzene rings is 1. The van der Waals surface area contributed by atoms with Gasteiger partial charge in [0.05, 0.1) is 30.0 Å². The Bertz CT molecular complexity index is 498. The smallest absolute Gasteiger partial charge is 0.420 e. The van der Waals surface area contributed by atoms with E-state index >= 15 is 0 Å². The molecule has 0 unspecified atom stereocenters. The van der Waals surface area contributed by atoms with Crippen LogP contribution in [0.1, 0.15) is 5.56 Å². The van der Waals surface area contributed by atoms with E-state index in [0.717, 1.165) is 8.68 Å². The van der Waals surface area contributed by atoms with E-state index in [1.54, 1.807) is 22.9 Å². The molecule has 1 aromatic rings. The number of esters is 1. The highest BCUT2D eigenvalue weighted by molar-refractivity contribution is 14.1. The zero-order valence-corrected chi connectivity index (χ0v) is 13.1. The lowest BCUT2D eigenvalue weighted by molar-refractivity contribution is -0.144. The number of carbonyl (C=O) groups is 2. The maximum absolute atomic E-state index is 11.8. The fourth-order valence-electron chi connectivity index (χ4n) is 1.52. The number of rotatable bonds is 5. The standard InChI is InChI=1S/C14H14INO4/c1-3-9-20-14(18)16(15)12(13(17)19-2)10-11-7-5-4-6-8-11/h1,4-8,12H,9-10H2,2H3/t12-/m0/s1. The fraction of sp³-hybridized carbons (Fsp3) is 0.286. The van der Waals surface area contributed by atoms with Crippen molar-refractivity contribution < 1.29 is 19.1 Å². The molecule has 1 aromatic carbocycles. The minimum Gasteiger partial charge on any atom is -0.467 e. The van der Waals surface area contributed by atoms with Gasteiger partial charge in [-0.15, -0.1) is 6.42 Å². The number of amides is 1. The maximum Gasteiger partial charge on any atom is 0.420 e. The van der Waals surface area contributed by atoms with Crippen LogP contribution in [0.2, 0.25) is 0 Å². The second-order valence-electron chi connectivity index (χ2n) is 3.80. The van der Waals surface area contributed by atoms with E-state index in [4.69, 9.17) is 15.9 Å². The minimum atomic E-state index is -0.770. The Morgan fingerprint density at radius 1 is 1.40 bits per heavy atom. The van der Waals surface area contributed by atoms with Crippen LogP contribution in [0.25, 0.3) is 0 Å². The van der Waals surface area contributed by atoms with Gasteiger partial charge in [-0.25, -0.2) is 12.7 Å². The first-order chi connectivity index (χ1) is 9.60. The van der Waals surface area contributed by atoms with Gasteiger partial charge in [0, 0.05) is 6.42 Å². The van der Waals surface area contributed by atoms with Crippen molar-refractivity contribution in [2.24, 2.45) is 0 Å². The molecule has 20 heavy (non-hydrogen) atoms. The molecule has 0 heterocycles. The molecular formula is C14H14INO4. The molecule has 0 bridgehead atoms. The zero-order valence-electron chi connectivity index (χ0n) is 10.9. The predicted octanol–water partition coefficient (Wildman–Crippen LogP) is 2.19. The van der Waals surface area contributed by atoms with E-state index in [-0.39, 0.29) is 6.61 Å². The topological polar surface area (TPSA) is 55.8 Å². The Labute approximate surface area is 131 Å². The van der Waals surface area contributed by atoms with Crippen LogP contribution >= 0.6 is 22.9 Å². The molecule has 5 nitrogen and oxygen atoms in total. The zero-order chi connectivity index (χ0) is 15.0. The van der Waals surface area contributed by atoms with Crippen LogP contribution < -0.4 is 0 Å². The van der Waals surface area contributed by atoms with Crippen LogP contribution in [0.5, 0.6) is 0 Å². The van der Waals surface area contributed by atoms with E-state index in [9.17, 15) is 9.59 Å². The summed E-state index contributed by atoms with van der Waals surface area (Å²) in [6, 6.07) is 8.56. The summed E-state index contributed by atoms with van der Waals surface area (Å²) in [5, 5.41) is 0. The second kappa shape index (κ2) is 8.43. The molecule has 6 heteroatoms. The van der Waals surface area contributed by atoms with Gasteiger partial charge in [-0.05, 0) is 5.56 Å². The number of methoxy groups -OCH3 is 1. The molecule has 106 valence electrons. The Morgan fingerprint density at radius 2 is 2.05 bits per heavy atom. The van der Waals surface area contributed by atoms with E-state index in [0.29, 0.717) is 6.42 Å². The molecule has 0 saturated carbocycles. The number of terminal acetylenes is 1. The van der Waals surface area contributed by atoms with Gasteiger partial charge < -0.3 is 9.47 Å². The third-order valence-corrected chi connectivity index (χ3v) is 3.54. The maximum atomic E-state index is 11.8. The summed E-state index contributed by atoms with van der Waals surface area (Å²) in [7, 11) is 1.28. The molecule has 0 saturated heterocycles. The quantitative estimate of drug-likeness (QED) is 0.337. The largest absolute Gasteiger partial charge is 0.467 e. The first kappa shape index (κ1) is 16.3. The summed E-state index contributed by atoms with van der Waals surface area (Å²) in [6.07, 6.45) is 4.69. The molecule has 0 spiro atoms. The molecule has 0 aliphatic heterocycles. The van der Waals surface area contributed by atoms with E-state index < -0.39 is 18.1 Å². The van der Waals surface area contributed by atoms with Gasteiger partial charge in [-0.3, -0.25) is 0 Å². The van der Waals surface area contributed by atoms with Crippen molar-refractivity contribution in [2.75, 3.05) is 13.7 Å². The summed E-state index contributed by atoms with van der Waals surface area (Å²) >= 11 is 1.72. The number of hydrogen-bond donors (Lipinski definition) is 0. The molecule has 0 fully saturated rings. The van der Waals surface area contributed by atoms with Crippen LogP contribution in [0, 0.1) is 12.3 Å². The van der Waals surface area contributed by atoms with E-state index in [2.05, 4.69) is 5.92 Å². The Balaban J connectivity index is 2.81. The monoisotopic (exact) mass is 387 g/mol. The highest BCUT2D eigenvalue weighted by atomic mass is 127. The predicted molar refractivity (Wildman–Crippen MR) is 82.0 cm³/mol. The molecular weight excluding hydrogens is 373 g/mol. The Morgan fingerprint density at radius 3 is 2.60 bits per heavy atom. The first-order valence-corrected chi connectivity index (χ1v) is 6.73. The van der Waals surface area contributed by atoms with Crippen molar-refractivity contribution in [2.45, 2.75) is 12.5 Å². The van der Waals surface area contributed by atoms with Gasteiger partial charge in [0.2, 0.25) is 0 Å². The molecule has 1 atom stereocenters. The molecule has 0 radical (unpaired) electrons. The molecule has 1 amide bonds. The molecule has 0 aromatic heterocycles. The summed E-state index contributed by atoms with van der Waals surface area (Å²) in [5.41, 5.74) is 0.911. The lowest BCUT2D eigenvalue weighted by Crippen LogP contribution is -2.41. The second-order valence-corrected chi connectivity index (χ2v) is 4.84. The van der Waals surface area contributed by atoms with Crippen LogP contribution in [0.15, 0.2) is 30.3 Å². The number of carbonyl (C=O) groups excluding carboxylic acids is 2. The normalized spacial score (nSPS) is 11.1. The van der Waals surface area contributed by atoms with Crippen LogP contribution in [-0.2, 0) is 20.7 Å².